The van der Waals surface area contributed by atoms with Crippen LogP contribution in [0.5, 0.6) is 5.75 Å². The van der Waals surface area contributed by atoms with E-state index >= 15 is 0 Å². The Kier molecular flexibility index (Phi) is 4.85. The molecule has 0 fully saturated rings. The van der Waals surface area contributed by atoms with Crippen molar-refractivity contribution in [1.82, 2.24) is 9.78 Å². The molecule has 6 nitrogen and oxygen atoms in total. The maximum atomic E-state index is 13.4. The standard InChI is InChI=1S/C18H14F3N3O3/c1-27-15-8-2-12(3-9-15)10-23-11-16(18(19,20)21)17(22-23)13-4-6-14(7-5-13)24(25)26/h2-9,11H,10H2,1H3. The maximum absolute atomic E-state index is 13.4. The van der Waals surface area contributed by atoms with Crippen LogP contribution in [0.1, 0.15) is 11.1 Å². The summed E-state index contributed by atoms with van der Waals surface area (Å²) in [6.07, 6.45) is -3.67. The zero-order valence-electron chi connectivity index (χ0n) is 14.1. The van der Waals surface area contributed by atoms with Crippen LogP contribution in [-0.4, -0.2) is 21.8 Å². The molecule has 0 bridgehead atoms. The fourth-order valence-corrected chi connectivity index (χ4v) is 2.58. The third-order valence-corrected chi connectivity index (χ3v) is 3.92. The van der Waals surface area contributed by atoms with Gasteiger partial charge in [0, 0.05) is 23.9 Å². The summed E-state index contributed by atoms with van der Waals surface area (Å²) < 4.78 is 46.5. The number of hydrogen-bond donors (Lipinski definition) is 0. The van der Waals surface area contributed by atoms with Crippen molar-refractivity contribution < 1.29 is 22.8 Å². The predicted octanol–water partition coefficient (Wildman–Crippen LogP) is 4.53. The van der Waals surface area contributed by atoms with Gasteiger partial charge in [-0.15, -0.1) is 0 Å². The molecule has 0 amide bonds. The molecule has 3 aromatic rings. The van der Waals surface area contributed by atoms with E-state index in [1.165, 1.54) is 23.9 Å². The number of halogens is 3. The van der Waals surface area contributed by atoms with Gasteiger partial charge in [0.05, 0.1) is 18.6 Å². The second-order valence-corrected chi connectivity index (χ2v) is 5.74. The third kappa shape index (κ3) is 4.08. The summed E-state index contributed by atoms with van der Waals surface area (Å²) in [6, 6.07) is 11.7. The Morgan fingerprint density at radius 1 is 1.11 bits per heavy atom. The largest absolute Gasteiger partial charge is 0.497 e. The summed E-state index contributed by atoms with van der Waals surface area (Å²) >= 11 is 0. The van der Waals surface area contributed by atoms with E-state index in [-0.39, 0.29) is 23.5 Å². The second-order valence-electron chi connectivity index (χ2n) is 5.74. The Labute approximate surface area is 152 Å². The van der Waals surface area contributed by atoms with Crippen LogP contribution < -0.4 is 4.74 Å². The van der Waals surface area contributed by atoms with Crippen molar-refractivity contribution in [2.75, 3.05) is 7.11 Å². The first-order valence-corrected chi connectivity index (χ1v) is 7.80. The number of non-ortho nitro benzene ring substituents is 1. The number of methoxy groups -OCH3 is 1. The Morgan fingerprint density at radius 2 is 1.74 bits per heavy atom. The summed E-state index contributed by atoms with van der Waals surface area (Å²) in [4.78, 5) is 10.1. The minimum Gasteiger partial charge on any atom is -0.497 e. The van der Waals surface area contributed by atoms with Crippen molar-refractivity contribution in [3.63, 3.8) is 0 Å². The molecule has 3 rings (SSSR count). The number of rotatable bonds is 5. The molecular formula is C18H14F3N3O3. The lowest BCUT2D eigenvalue weighted by molar-refractivity contribution is -0.384. The Morgan fingerprint density at radius 3 is 2.26 bits per heavy atom. The van der Waals surface area contributed by atoms with Crippen LogP contribution in [0.25, 0.3) is 11.3 Å². The van der Waals surface area contributed by atoms with Gasteiger partial charge in [-0.3, -0.25) is 14.8 Å². The number of nitrogens with zero attached hydrogens (tertiary/aromatic N) is 3. The third-order valence-electron chi connectivity index (χ3n) is 3.92. The van der Waals surface area contributed by atoms with Crippen molar-refractivity contribution in [3.05, 3.63) is 76.0 Å². The van der Waals surface area contributed by atoms with E-state index < -0.39 is 16.7 Å². The SMILES string of the molecule is COc1ccc(Cn2cc(C(F)(F)F)c(-c3ccc([N+](=O)[O-])cc3)n2)cc1. The van der Waals surface area contributed by atoms with E-state index in [1.807, 2.05) is 0 Å². The molecular weight excluding hydrogens is 363 g/mol. The van der Waals surface area contributed by atoms with Crippen LogP contribution in [0.2, 0.25) is 0 Å². The molecule has 0 aliphatic carbocycles. The summed E-state index contributed by atoms with van der Waals surface area (Å²) in [6.45, 7) is 0.139. The van der Waals surface area contributed by atoms with Gasteiger partial charge in [0.15, 0.2) is 0 Å². The molecule has 0 spiro atoms. The Hall–Kier alpha value is -3.36. The molecule has 0 unspecified atom stereocenters. The zero-order valence-corrected chi connectivity index (χ0v) is 14.1. The number of ether oxygens (including phenoxy) is 1. The van der Waals surface area contributed by atoms with Crippen molar-refractivity contribution in [2.24, 2.45) is 0 Å². The summed E-state index contributed by atoms with van der Waals surface area (Å²) in [5.41, 5.74) is -0.468. The van der Waals surface area contributed by atoms with Crippen LogP contribution in [0.15, 0.2) is 54.7 Å². The molecule has 0 aliphatic heterocycles. The van der Waals surface area contributed by atoms with Gasteiger partial charge in [-0.2, -0.15) is 18.3 Å². The smallest absolute Gasteiger partial charge is 0.420 e. The number of nitro benzene ring substituents is 1. The van der Waals surface area contributed by atoms with Crippen LogP contribution in [0.4, 0.5) is 18.9 Å². The maximum Gasteiger partial charge on any atom is 0.420 e. The van der Waals surface area contributed by atoms with E-state index in [4.69, 9.17) is 4.74 Å². The zero-order chi connectivity index (χ0) is 19.6. The number of benzene rings is 2. The van der Waals surface area contributed by atoms with Gasteiger partial charge in [0.25, 0.3) is 5.69 Å². The highest BCUT2D eigenvalue weighted by Crippen LogP contribution is 2.37. The van der Waals surface area contributed by atoms with Gasteiger partial charge in [-0.05, 0) is 29.8 Å². The number of alkyl halides is 3. The summed E-state index contributed by atoms with van der Waals surface area (Å²) in [7, 11) is 1.52. The summed E-state index contributed by atoms with van der Waals surface area (Å²) in [5, 5.41) is 14.8. The molecule has 2 aromatic carbocycles. The quantitative estimate of drug-likeness (QED) is 0.484. The molecule has 0 aliphatic rings. The van der Waals surface area contributed by atoms with Crippen LogP contribution in [0.3, 0.4) is 0 Å². The fourth-order valence-electron chi connectivity index (χ4n) is 2.58. The van der Waals surface area contributed by atoms with Gasteiger partial charge in [-0.1, -0.05) is 12.1 Å². The molecule has 0 N–H and O–H groups in total. The van der Waals surface area contributed by atoms with Gasteiger partial charge in [0.2, 0.25) is 0 Å². The summed E-state index contributed by atoms with van der Waals surface area (Å²) in [5.74, 6) is 0.641. The molecule has 0 saturated carbocycles. The van der Waals surface area contributed by atoms with Crippen molar-refractivity contribution in [2.45, 2.75) is 12.7 Å². The molecule has 9 heteroatoms. The van der Waals surface area contributed by atoms with E-state index in [0.717, 1.165) is 23.9 Å². The second kappa shape index (κ2) is 7.10. The van der Waals surface area contributed by atoms with Crippen molar-refractivity contribution in [3.8, 4) is 17.0 Å². The minimum absolute atomic E-state index is 0.139. The molecule has 0 saturated heterocycles. The molecule has 0 radical (unpaired) electrons. The van der Waals surface area contributed by atoms with Crippen LogP contribution >= 0.6 is 0 Å². The van der Waals surface area contributed by atoms with Crippen LogP contribution in [-0.2, 0) is 12.7 Å². The first-order chi connectivity index (χ1) is 12.8. The normalized spacial score (nSPS) is 11.4. The average molecular weight is 377 g/mol. The molecule has 140 valence electrons. The minimum atomic E-state index is -4.60. The molecule has 0 atom stereocenters. The van der Waals surface area contributed by atoms with E-state index in [2.05, 4.69) is 5.10 Å². The average Bonchev–Trinajstić information content (AvgIpc) is 3.07. The number of aromatic nitrogens is 2. The van der Waals surface area contributed by atoms with E-state index in [9.17, 15) is 23.3 Å². The monoisotopic (exact) mass is 377 g/mol. The topological polar surface area (TPSA) is 70.2 Å². The lowest BCUT2D eigenvalue weighted by Crippen LogP contribution is -2.05. The molecule has 27 heavy (non-hydrogen) atoms. The van der Waals surface area contributed by atoms with Crippen LogP contribution in [0, 0.1) is 10.1 Å². The van der Waals surface area contributed by atoms with Crippen molar-refractivity contribution >= 4 is 5.69 Å². The van der Waals surface area contributed by atoms with E-state index in [1.54, 1.807) is 24.3 Å². The fraction of sp³-hybridized carbons (Fsp3) is 0.167. The molecule has 1 heterocycles. The van der Waals surface area contributed by atoms with Gasteiger partial charge in [0.1, 0.15) is 17.0 Å². The first kappa shape index (κ1) is 18.4. The Balaban J connectivity index is 1.96. The van der Waals surface area contributed by atoms with Crippen molar-refractivity contribution in [1.29, 1.82) is 0 Å². The van der Waals surface area contributed by atoms with Gasteiger partial charge >= 0.3 is 6.18 Å². The van der Waals surface area contributed by atoms with E-state index in [0.29, 0.717) is 5.75 Å². The predicted molar refractivity (Wildman–Crippen MR) is 91.4 cm³/mol. The highest BCUT2D eigenvalue weighted by Gasteiger charge is 2.36. The van der Waals surface area contributed by atoms with Gasteiger partial charge in [-0.25, -0.2) is 0 Å². The van der Waals surface area contributed by atoms with Gasteiger partial charge < -0.3 is 4.74 Å². The molecule has 1 aromatic heterocycles. The number of hydrogen-bond acceptors (Lipinski definition) is 4. The lowest BCUT2D eigenvalue weighted by Gasteiger charge is -2.05. The lowest BCUT2D eigenvalue weighted by atomic mass is 10.1. The highest BCUT2D eigenvalue weighted by molar-refractivity contribution is 5.64. The highest BCUT2D eigenvalue weighted by atomic mass is 19.4. The Bertz CT molecular complexity index is 949. The first-order valence-electron chi connectivity index (χ1n) is 7.80. The number of nitro groups is 1.